The Balaban J connectivity index is 3.01. The predicted octanol–water partition coefficient (Wildman–Crippen LogP) is 5.87. The highest BCUT2D eigenvalue weighted by atomic mass is 79.9. The summed E-state index contributed by atoms with van der Waals surface area (Å²) in [6.45, 7) is 7.45. The molecule has 0 amide bonds. The maximum absolute atomic E-state index is 5.67. The van der Waals surface area contributed by atoms with E-state index in [4.69, 9.17) is 9.47 Å². The van der Waals surface area contributed by atoms with E-state index in [1.165, 1.54) is 18.4 Å². The summed E-state index contributed by atoms with van der Waals surface area (Å²) < 4.78 is 12.4. The fraction of sp³-hybridized carbons (Fsp3) is 0.600. The van der Waals surface area contributed by atoms with Crippen LogP contribution in [0.15, 0.2) is 16.6 Å². The molecule has 0 bridgehead atoms. The van der Waals surface area contributed by atoms with E-state index < -0.39 is 0 Å². The van der Waals surface area contributed by atoms with Gasteiger partial charge in [0, 0.05) is 9.30 Å². The van der Waals surface area contributed by atoms with E-state index in [1.807, 2.05) is 19.9 Å². The molecule has 0 aliphatic carbocycles. The zero-order chi connectivity index (χ0) is 14.3. The lowest BCUT2D eigenvalue weighted by molar-refractivity contribution is 0.287. The summed E-state index contributed by atoms with van der Waals surface area (Å²) in [5, 5.41) is 0. The molecular weight excluding hydrogens is 372 g/mol. The molecule has 1 unspecified atom stereocenters. The monoisotopic (exact) mass is 392 g/mol. The maximum atomic E-state index is 5.67. The fourth-order valence-corrected chi connectivity index (χ4v) is 3.47. The van der Waals surface area contributed by atoms with E-state index in [1.54, 1.807) is 0 Å². The van der Waals surface area contributed by atoms with Crippen LogP contribution in [0.5, 0.6) is 11.5 Å². The number of rotatable bonds is 8. The van der Waals surface area contributed by atoms with Crippen LogP contribution < -0.4 is 9.47 Å². The van der Waals surface area contributed by atoms with Crippen LogP contribution in [-0.4, -0.2) is 13.2 Å². The molecule has 0 N–H and O–H groups in total. The van der Waals surface area contributed by atoms with Crippen molar-refractivity contribution in [3.05, 3.63) is 22.2 Å². The number of halogens is 2. The molecule has 0 fully saturated rings. The number of hydrogen-bond donors (Lipinski definition) is 0. The molecule has 1 atom stereocenters. The Bertz CT molecular complexity index is 394. The summed E-state index contributed by atoms with van der Waals surface area (Å²) in [4.78, 5) is 0.344. The second kappa shape index (κ2) is 8.85. The van der Waals surface area contributed by atoms with Gasteiger partial charge in [0.25, 0.3) is 0 Å². The van der Waals surface area contributed by atoms with Gasteiger partial charge in [0.05, 0.1) is 13.2 Å². The van der Waals surface area contributed by atoms with E-state index >= 15 is 0 Å². The summed E-state index contributed by atoms with van der Waals surface area (Å²) in [5.41, 5.74) is 1.22. The standard InChI is InChI=1S/C15H22Br2O2/c1-4-7-8-12(16)11-9-14(18-5-2)15(19-6-3)10-13(11)17/h9-10,12H,4-8H2,1-3H3. The van der Waals surface area contributed by atoms with Crippen LogP contribution in [0.25, 0.3) is 0 Å². The smallest absolute Gasteiger partial charge is 0.162 e. The topological polar surface area (TPSA) is 18.5 Å². The Morgan fingerprint density at radius 2 is 1.63 bits per heavy atom. The molecule has 0 saturated heterocycles. The predicted molar refractivity (Wildman–Crippen MR) is 87.7 cm³/mol. The van der Waals surface area contributed by atoms with Gasteiger partial charge < -0.3 is 9.47 Å². The molecule has 1 aromatic rings. The summed E-state index contributed by atoms with van der Waals surface area (Å²) >= 11 is 7.39. The van der Waals surface area contributed by atoms with Crippen molar-refractivity contribution in [3.63, 3.8) is 0 Å². The van der Waals surface area contributed by atoms with Gasteiger partial charge in [-0.05, 0) is 38.0 Å². The maximum Gasteiger partial charge on any atom is 0.162 e. The molecule has 1 rings (SSSR count). The van der Waals surface area contributed by atoms with Crippen molar-refractivity contribution in [3.8, 4) is 11.5 Å². The number of hydrogen-bond acceptors (Lipinski definition) is 2. The number of ether oxygens (including phenoxy) is 2. The molecule has 19 heavy (non-hydrogen) atoms. The minimum Gasteiger partial charge on any atom is -0.490 e. The Morgan fingerprint density at radius 3 is 2.16 bits per heavy atom. The van der Waals surface area contributed by atoms with Crippen LogP contribution in [-0.2, 0) is 0 Å². The molecule has 108 valence electrons. The first-order chi connectivity index (χ1) is 9.13. The quantitative estimate of drug-likeness (QED) is 0.514. The van der Waals surface area contributed by atoms with E-state index in [-0.39, 0.29) is 0 Å². The third-order valence-electron chi connectivity index (χ3n) is 2.81. The Kier molecular flexibility index (Phi) is 7.84. The molecule has 2 nitrogen and oxygen atoms in total. The van der Waals surface area contributed by atoms with Gasteiger partial charge in [-0.25, -0.2) is 0 Å². The molecule has 0 heterocycles. The Labute approximate surface area is 133 Å². The van der Waals surface area contributed by atoms with E-state index in [9.17, 15) is 0 Å². The summed E-state index contributed by atoms with van der Waals surface area (Å²) in [6, 6.07) is 4.08. The fourth-order valence-electron chi connectivity index (χ4n) is 1.87. The van der Waals surface area contributed by atoms with Gasteiger partial charge in [-0.3, -0.25) is 0 Å². The van der Waals surface area contributed by atoms with Gasteiger partial charge in [-0.1, -0.05) is 51.6 Å². The summed E-state index contributed by atoms with van der Waals surface area (Å²) in [7, 11) is 0. The van der Waals surface area contributed by atoms with Crippen molar-refractivity contribution in [1.29, 1.82) is 0 Å². The van der Waals surface area contributed by atoms with Crippen LogP contribution in [0.1, 0.15) is 50.4 Å². The number of unbranched alkanes of at least 4 members (excludes halogenated alkanes) is 1. The molecule has 1 aromatic carbocycles. The van der Waals surface area contributed by atoms with Crippen LogP contribution in [0.3, 0.4) is 0 Å². The average Bonchev–Trinajstić information content (AvgIpc) is 2.39. The molecule has 0 aliphatic heterocycles. The lowest BCUT2D eigenvalue weighted by atomic mass is 10.1. The second-order valence-electron chi connectivity index (χ2n) is 4.30. The second-order valence-corrected chi connectivity index (χ2v) is 6.26. The van der Waals surface area contributed by atoms with Crippen LogP contribution in [0.4, 0.5) is 0 Å². The zero-order valence-corrected chi connectivity index (χ0v) is 15.0. The lowest BCUT2D eigenvalue weighted by Crippen LogP contribution is -2.01. The molecule has 4 heteroatoms. The van der Waals surface area contributed by atoms with Gasteiger partial charge in [0.2, 0.25) is 0 Å². The minimum absolute atomic E-state index is 0.344. The van der Waals surface area contributed by atoms with E-state index in [0.29, 0.717) is 18.0 Å². The van der Waals surface area contributed by atoms with Gasteiger partial charge in [0.1, 0.15) is 0 Å². The van der Waals surface area contributed by atoms with Crippen molar-refractivity contribution in [2.75, 3.05) is 13.2 Å². The van der Waals surface area contributed by atoms with Gasteiger partial charge in [-0.2, -0.15) is 0 Å². The first kappa shape index (κ1) is 16.8. The highest BCUT2D eigenvalue weighted by molar-refractivity contribution is 9.11. The van der Waals surface area contributed by atoms with Gasteiger partial charge in [-0.15, -0.1) is 0 Å². The lowest BCUT2D eigenvalue weighted by Gasteiger charge is -2.17. The van der Waals surface area contributed by atoms with Crippen molar-refractivity contribution in [2.45, 2.75) is 44.9 Å². The minimum atomic E-state index is 0.344. The third kappa shape index (κ3) is 4.99. The Hall–Kier alpha value is -0.220. The zero-order valence-electron chi connectivity index (χ0n) is 11.8. The SMILES string of the molecule is CCCCC(Br)c1cc(OCC)c(OCC)cc1Br. The number of benzene rings is 1. The van der Waals surface area contributed by atoms with Crippen molar-refractivity contribution in [1.82, 2.24) is 0 Å². The molecule has 0 saturated carbocycles. The van der Waals surface area contributed by atoms with Crippen LogP contribution in [0.2, 0.25) is 0 Å². The van der Waals surface area contributed by atoms with Gasteiger partial charge in [0.15, 0.2) is 11.5 Å². The number of alkyl halides is 1. The normalized spacial score (nSPS) is 12.3. The highest BCUT2D eigenvalue weighted by Gasteiger charge is 2.16. The van der Waals surface area contributed by atoms with E-state index in [2.05, 4.69) is 44.8 Å². The molecule has 0 aromatic heterocycles. The van der Waals surface area contributed by atoms with Crippen LogP contribution >= 0.6 is 31.9 Å². The largest absolute Gasteiger partial charge is 0.490 e. The first-order valence-electron chi connectivity index (χ1n) is 6.87. The Morgan fingerprint density at radius 1 is 1.05 bits per heavy atom. The van der Waals surface area contributed by atoms with E-state index in [0.717, 1.165) is 22.4 Å². The van der Waals surface area contributed by atoms with Gasteiger partial charge >= 0.3 is 0 Å². The third-order valence-corrected chi connectivity index (χ3v) is 4.45. The molecule has 0 radical (unpaired) electrons. The molecular formula is C15H22Br2O2. The molecule has 0 aliphatic rings. The highest BCUT2D eigenvalue weighted by Crippen LogP contribution is 2.40. The summed E-state index contributed by atoms with van der Waals surface area (Å²) in [5.74, 6) is 1.62. The van der Waals surface area contributed by atoms with Crippen LogP contribution in [0, 0.1) is 0 Å². The van der Waals surface area contributed by atoms with Crippen molar-refractivity contribution < 1.29 is 9.47 Å². The van der Waals surface area contributed by atoms with Crippen molar-refractivity contribution >= 4 is 31.9 Å². The summed E-state index contributed by atoms with van der Waals surface area (Å²) in [6.07, 6.45) is 3.53. The van der Waals surface area contributed by atoms with Crippen molar-refractivity contribution in [2.24, 2.45) is 0 Å². The molecule has 0 spiro atoms. The first-order valence-corrected chi connectivity index (χ1v) is 8.57. The average molecular weight is 394 g/mol.